The van der Waals surface area contributed by atoms with Crippen LogP contribution in [0.5, 0.6) is 0 Å². The van der Waals surface area contributed by atoms with E-state index in [-0.39, 0.29) is 0 Å². The molecule has 0 aliphatic heterocycles. The molecule has 0 saturated heterocycles. The van der Waals surface area contributed by atoms with Crippen LogP contribution in [0.4, 0.5) is 0 Å². The van der Waals surface area contributed by atoms with Gasteiger partial charge < -0.3 is 4.40 Å². The molecule has 0 radical (unpaired) electrons. The van der Waals surface area contributed by atoms with E-state index in [9.17, 15) is 0 Å². The topological polar surface area (TPSA) is 17.3 Å². The summed E-state index contributed by atoms with van der Waals surface area (Å²) in [4.78, 5) is 4.49. The van der Waals surface area contributed by atoms with Crippen molar-refractivity contribution < 1.29 is 0 Å². The minimum atomic E-state index is 0.619. The molecule has 0 fully saturated rings. The second-order valence-corrected chi connectivity index (χ2v) is 5.14. The fourth-order valence-electron chi connectivity index (χ4n) is 1.79. The van der Waals surface area contributed by atoms with Gasteiger partial charge in [0.15, 0.2) is 0 Å². The van der Waals surface area contributed by atoms with Crippen molar-refractivity contribution in [3.8, 4) is 11.3 Å². The van der Waals surface area contributed by atoms with E-state index in [1.54, 1.807) is 30.5 Å². The maximum Gasteiger partial charge on any atom is 0.137 e. The molecule has 90 valence electrons. The Kier molecular flexibility index (Phi) is 2.94. The lowest BCUT2D eigenvalue weighted by molar-refractivity contribution is 1.19. The van der Waals surface area contributed by atoms with Crippen molar-refractivity contribution in [3.63, 3.8) is 0 Å². The van der Waals surface area contributed by atoms with E-state index < -0.39 is 0 Å². The molecule has 0 N–H and O–H groups in total. The van der Waals surface area contributed by atoms with Crippen LogP contribution >= 0.6 is 34.8 Å². The first-order valence-corrected chi connectivity index (χ1v) is 6.36. The van der Waals surface area contributed by atoms with Crippen LogP contribution in [-0.2, 0) is 0 Å². The molecular formula is C13H7Cl3N2. The molecule has 18 heavy (non-hydrogen) atoms. The van der Waals surface area contributed by atoms with E-state index in [0.29, 0.717) is 15.1 Å². The first-order valence-electron chi connectivity index (χ1n) is 5.23. The van der Waals surface area contributed by atoms with Gasteiger partial charge >= 0.3 is 0 Å². The monoisotopic (exact) mass is 296 g/mol. The third kappa shape index (κ3) is 2.07. The van der Waals surface area contributed by atoms with Gasteiger partial charge in [-0.3, -0.25) is 0 Å². The van der Waals surface area contributed by atoms with Gasteiger partial charge in [0.2, 0.25) is 0 Å². The van der Waals surface area contributed by atoms with Crippen molar-refractivity contribution in [1.29, 1.82) is 0 Å². The van der Waals surface area contributed by atoms with Crippen molar-refractivity contribution in [2.45, 2.75) is 0 Å². The second-order valence-electron chi connectivity index (χ2n) is 3.86. The van der Waals surface area contributed by atoms with Gasteiger partial charge in [0.05, 0.1) is 15.7 Å². The van der Waals surface area contributed by atoms with Gasteiger partial charge in [0.1, 0.15) is 5.65 Å². The number of benzene rings is 1. The van der Waals surface area contributed by atoms with E-state index in [0.717, 1.165) is 16.9 Å². The Bertz CT molecular complexity index is 734. The number of pyridine rings is 1. The van der Waals surface area contributed by atoms with Crippen LogP contribution in [0.1, 0.15) is 0 Å². The maximum absolute atomic E-state index is 6.16. The zero-order valence-corrected chi connectivity index (χ0v) is 11.3. The number of halogens is 3. The van der Waals surface area contributed by atoms with Gasteiger partial charge in [-0.2, -0.15) is 0 Å². The number of rotatable bonds is 1. The Balaban J connectivity index is 2.22. The summed E-state index contributed by atoms with van der Waals surface area (Å²) < 4.78 is 1.86. The number of fused-ring (bicyclic) bond motifs is 1. The molecule has 2 nitrogen and oxygen atoms in total. The predicted octanol–water partition coefficient (Wildman–Crippen LogP) is 4.96. The number of hydrogen-bond donors (Lipinski definition) is 0. The lowest BCUT2D eigenvalue weighted by Crippen LogP contribution is -1.79. The Morgan fingerprint density at radius 2 is 1.67 bits per heavy atom. The Morgan fingerprint density at radius 1 is 0.889 bits per heavy atom. The number of imidazole rings is 1. The minimum Gasteiger partial charge on any atom is -0.305 e. The minimum absolute atomic E-state index is 0.619. The van der Waals surface area contributed by atoms with Gasteiger partial charge in [-0.25, -0.2) is 4.98 Å². The molecule has 1 aromatic carbocycles. The number of hydrogen-bond acceptors (Lipinski definition) is 1. The molecule has 3 aromatic rings. The quantitative estimate of drug-likeness (QED) is 0.620. The van der Waals surface area contributed by atoms with Crippen molar-refractivity contribution in [2.24, 2.45) is 0 Å². The average molecular weight is 298 g/mol. The molecule has 5 heteroatoms. The van der Waals surface area contributed by atoms with E-state index in [4.69, 9.17) is 34.8 Å². The summed E-state index contributed by atoms with van der Waals surface area (Å²) in [5, 5.41) is 1.90. The highest BCUT2D eigenvalue weighted by Crippen LogP contribution is 2.30. The predicted molar refractivity (Wildman–Crippen MR) is 75.7 cm³/mol. The molecule has 0 aliphatic carbocycles. The van der Waals surface area contributed by atoms with Gasteiger partial charge in [-0.15, -0.1) is 0 Å². The molecule has 2 aromatic heterocycles. The van der Waals surface area contributed by atoms with Crippen LogP contribution in [0.15, 0.2) is 42.7 Å². The standard InChI is InChI=1S/C13H7Cl3N2/c14-8-1-3-11(16)10(5-8)12-7-18-6-9(15)2-4-13(18)17-12/h1-7H. The van der Waals surface area contributed by atoms with Gasteiger partial charge in [-0.1, -0.05) is 34.8 Å². The third-order valence-corrected chi connectivity index (χ3v) is 3.41. The van der Waals surface area contributed by atoms with Crippen molar-refractivity contribution in [2.75, 3.05) is 0 Å². The van der Waals surface area contributed by atoms with Crippen molar-refractivity contribution in [3.05, 3.63) is 57.8 Å². The summed E-state index contributed by atoms with van der Waals surface area (Å²) in [6, 6.07) is 8.96. The van der Waals surface area contributed by atoms with Gasteiger partial charge in [-0.05, 0) is 30.3 Å². The molecule has 0 saturated carbocycles. The van der Waals surface area contributed by atoms with Crippen LogP contribution < -0.4 is 0 Å². The number of aromatic nitrogens is 2. The molecule has 0 atom stereocenters. The number of nitrogens with zero attached hydrogens (tertiary/aromatic N) is 2. The first kappa shape index (κ1) is 11.8. The van der Waals surface area contributed by atoms with Gasteiger partial charge in [0, 0.05) is 23.0 Å². The van der Waals surface area contributed by atoms with E-state index >= 15 is 0 Å². The van der Waals surface area contributed by atoms with Crippen LogP contribution in [0.3, 0.4) is 0 Å². The van der Waals surface area contributed by atoms with Crippen molar-refractivity contribution in [1.82, 2.24) is 9.38 Å². The fraction of sp³-hybridized carbons (Fsp3) is 0. The maximum atomic E-state index is 6.16. The molecule has 0 spiro atoms. The average Bonchev–Trinajstić information content (AvgIpc) is 2.74. The lowest BCUT2D eigenvalue weighted by Gasteiger charge is -2.00. The fourth-order valence-corrected chi connectivity index (χ4v) is 2.34. The Hall–Kier alpha value is -1.22. The third-order valence-electron chi connectivity index (χ3n) is 2.62. The zero-order valence-electron chi connectivity index (χ0n) is 9.07. The summed E-state index contributed by atoms with van der Waals surface area (Å²) in [6.07, 6.45) is 3.67. The van der Waals surface area contributed by atoms with E-state index in [1.165, 1.54) is 0 Å². The zero-order chi connectivity index (χ0) is 12.7. The smallest absolute Gasteiger partial charge is 0.137 e. The van der Waals surface area contributed by atoms with Crippen LogP contribution in [0.25, 0.3) is 16.9 Å². The SMILES string of the molecule is Clc1ccc(Cl)c(-c2cn3cc(Cl)ccc3n2)c1. The summed E-state index contributed by atoms with van der Waals surface area (Å²) in [6.45, 7) is 0. The molecule has 2 heterocycles. The van der Waals surface area contributed by atoms with Crippen molar-refractivity contribution >= 4 is 40.4 Å². The highest BCUT2D eigenvalue weighted by molar-refractivity contribution is 6.35. The molecule has 0 unspecified atom stereocenters. The normalized spacial score (nSPS) is 11.1. The lowest BCUT2D eigenvalue weighted by atomic mass is 10.2. The Morgan fingerprint density at radius 3 is 2.50 bits per heavy atom. The molecule has 0 aliphatic rings. The molecular weight excluding hydrogens is 291 g/mol. The summed E-state index contributed by atoms with van der Waals surface area (Å²) in [5.41, 5.74) is 2.39. The summed E-state index contributed by atoms with van der Waals surface area (Å²) in [7, 11) is 0. The van der Waals surface area contributed by atoms with Gasteiger partial charge in [0.25, 0.3) is 0 Å². The van der Waals surface area contributed by atoms with E-state index in [2.05, 4.69) is 4.98 Å². The highest BCUT2D eigenvalue weighted by atomic mass is 35.5. The second kappa shape index (κ2) is 4.47. The summed E-state index contributed by atoms with van der Waals surface area (Å²) in [5.74, 6) is 0. The molecule has 0 bridgehead atoms. The largest absolute Gasteiger partial charge is 0.305 e. The van der Waals surface area contributed by atoms with Crippen LogP contribution in [0.2, 0.25) is 15.1 Å². The highest BCUT2D eigenvalue weighted by Gasteiger charge is 2.09. The van der Waals surface area contributed by atoms with Crippen LogP contribution in [-0.4, -0.2) is 9.38 Å². The first-order chi connectivity index (χ1) is 8.63. The van der Waals surface area contributed by atoms with Crippen LogP contribution in [0, 0.1) is 0 Å². The Labute approximate surface area is 119 Å². The molecule has 0 amide bonds. The van der Waals surface area contributed by atoms with E-state index in [1.807, 2.05) is 16.7 Å². The molecule has 3 rings (SSSR count). The summed E-state index contributed by atoms with van der Waals surface area (Å²) >= 11 is 18.1.